The third-order valence-electron chi connectivity index (χ3n) is 4.88. The van der Waals surface area contributed by atoms with Gasteiger partial charge in [-0.1, -0.05) is 42.5 Å². The van der Waals surface area contributed by atoms with Crippen LogP contribution in [0.15, 0.2) is 54.6 Å². The summed E-state index contributed by atoms with van der Waals surface area (Å²) in [5, 5.41) is 3.16. The largest absolute Gasteiger partial charge is 0.373 e. The van der Waals surface area contributed by atoms with Crippen LogP contribution < -0.4 is 5.32 Å². The number of nitrogens with zero attached hydrogens (tertiary/aromatic N) is 3. The Kier molecular flexibility index (Phi) is 5.27. The first-order chi connectivity index (χ1) is 13.2. The minimum absolute atomic E-state index is 0.0462. The van der Waals surface area contributed by atoms with Gasteiger partial charge in [-0.05, 0) is 24.6 Å². The number of morpholine rings is 1. The van der Waals surface area contributed by atoms with Crippen molar-refractivity contribution in [1.29, 1.82) is 0 Å². The van der Waals surface area contributed by atoms with Crippen molar-refractivity contribution in [3.05, 3.63) is 66.1 Å². The molecule has 5 nitrogen and oxygen atoms in total. The summed E-state index contributed by atoms with van der Waals surface area (Å²) in [5.41, 5.74) is 2.50. The van der Waals surface area contributed by atoms with Crippen LogP contribution in [-0.2, 0) is 11.3 Å². The number of halogens is 1. The van der Waals surface area contributed by atoms with Crippen molar-refractivity contribution in [3.8, 4) is 0 Å². The number of para-hydroxylation sites is 2. The molecule has 0 amide bonds. The van der Waals surface area contributed by atoms with Gasteiger partial charge in [0.1, 0.15) is 0 Å². The molecule has 0 saturated carbocycles. The Morgan fingerprint density at radius 3 is 2.59 bits per heavy atom. The second kappa shape index (κ2) is 7.98. The minimum Gasteiger partial charge on any atom is -0.373 e. The molecule has 1 aliphatic rings. The lowest BCUT2D eigenvalue weighted by molar-refractivity contribution is -0.0374. The number of aromatic nitrogens is 2. The Balaban J connectivity index is 1.43. The molecule has 3 aromatic rings. The first-order valence-electron chi connectivity index (χ1n) is 9.26. The van der Waals surface area contributed by atoms with E-state index < -0.39 is 5.95 Å². The summed E-state index contributed by atoms with van der Waals surface area (Å²) in [4.78, 5) is 10.7. The SMILES string of the molecule is CC(Nc1nc2ccccc2nc1F)C1CN(Cc2ccccc2)CCO1. The third-order valence-corrected chi connectivity index (χ3v) is 4.88. The molecule has 0 aliphatic carbocycles. The van der Waals surface area contributed by atoms with Crippen LogP contribution in [0.25, 0.3) is 11.0 Å². The lowest BCUT2D eigenvalue weighted by Gasteiger charge is -2.36. The van der Waals surface area contributed by atoms with Gasteiger partial charge in [0.25, 0.3) is 5.95 Å². The predicted molar refractivity (Wildman–Crippen MR) is 104 cm³/mol. The van der Waals surface area contributed by atoms with Gasteiger partial charge in [0.2, 0.25) is 0 Å². The topological polar surface area (TPSA) is 50.3 Å². The molecule has 2 heterocycles. The molecule has 1 saturated heterocycles. The van der Waals surface area contributed by atoms with Gasteiger partial charge in [-0.3, -0.25) is 4.90 Å². The molecule has 4 rings (SSSR count). The first-order valence-corrected chi connectivity index (χ1v) is 9.26. The van der Waals surface area contributed by atoms with Crippen LogP contribution in [0, 0.1) is 5.95 Å². The molecule has 2 unspecified atom stereocenters. The Morgan fingerprint density at radius 1 is 1.11 bits per heavy atom. The van der Waals surface area contributed by atoms with E-state index in [2.05, 4.69) is 44.5 Å². The highest BCUT2D eigenvalue weighted by Gasteiger charge is 2.26. The maximum absolute atomic E-state index is 14.3. The molecule has 1 aromatic heterocycles. The molecule has 1 N–H and O–H groups in total. The number of benzene rings is 2. The fourth-order valence-electron chi connectivity index (χ4n) is 3.40. The van der Waals surface area contributed by atoms with Crippen LogP contribution in [0.4, 0.5) is 10.2 Å². The second-order valence-electron chi connectivity index (χ2n) is 6.91. The van der Waals surface area contributed by atoms with Gasteiger partial charge in [-0.2, -0.15) is 4.39 Å². The van der Waals surface area contributed by atoms with E-state index in [-0.39, 0.29) is 18.0 Å². The molecular weight excluding hydrogens is 343 g/mol. The number of ether oxygens (including phenoxy) is 1. The predicted octanol–water partition coefficient (Wildman–Crippen LogP) is 3.47. The molecule has 1 fully saturated rings. The molecule has 27 heavy (non-hydrogen) atoms. The van der Waals surface area contributed by atoms with Crippen LogP contribution in [0.5, 0.6) is 0 Å². The summed E-state index contributed by atoms with van der Waals surface area (Å²) in [6, 6.07) is 17.6. The zero-order chi connectivity index (χ0) is 18.6. The van der Waals surface area contributed by atoms with Crippen molar-refractivity contribution < 1.29 is 9.13 Å². The lowest BCUT2D eigenvalue weighted by Crippen LogP contribution is -2.48. The van der Waals surface area contributed by atoms with Gasteiger partial charge in [-0.25, -0.2) is 9.97 Å². The molecule has 2 aromatic carbocycles. The van der Waals surface area contributed by atoms with Crippen LogP contribution in [-0.4, -0.2) is 46.7 Å². The zero-order valence-electron chi connectivity index (χ0n) is 15.3. The Labute approximate surface area is 158 Å². The normalized spacial score (nSPS) is 19.1. The van der Waals surface area contributed by atoms with E-state index in [0.717, 1.165) is 19.6 Å². The van der Waals surface area contributed by atoms with E-state index >= 15 is 0 Å². The van der Waals surface area contributed by atoms with Gasteiger partial charge in [0, 0.05) is 19.6 Å². The fraction of sp³-hybridized carbons (Fsp3) is 0.333. The molecule has 2 atom stereocenters. The number of hydrogen-bond donors (Lipinski definition) is 1. The van der Waals surface area contributed by atoms with E-state index in [4.69, 9.17) is 4.74 Å². The summed E-state index contributed by atoms with van der Waals surface area (Å²) in [6.07, 6.45) is -0.0462. The van der Waals surface area contributed by atoms with E-state index in [9.17, 15) is 4.39 Å². The number of hydrogen-bond acceptors (Lipinski definition) is 5. The monoisotopic (exact) mass is 366 g/mol. The van der Waals surface area contributed by atoms with Crippen molar-refractivity contribution in [3.63, 3.8) is 0 Å². The molecule has 0 radical (unpaired) electrons. The molecule has 1 aliphatic heterocycles. The second-order valence-corrected chi connectivity index (χ2v) is 6.91. The fourth-order valence-corrected chi connectivity index (χ4v) is 3.40. The summed E-state index contributed by atoms with van der Waals surface area (Å²) >= 11 is 0. The van der Waals surface area contributed by atoms with Gasteiger partial charge in [-0.15, -0.1) is 0 Å². The molecule has 140 valence electrons. The zero-order valence-corrected chi connectivity index (χ0v) is 15.3. The lowest BCUT2D eigenvalue weighted by atomic mass is 10.1. The van der Waals surface area contributed by atoms with E-state index in [1.165, 1.54) is 5.56 Å². The highest BCUT2D eigenvalue weighted by atomic mass is 19.1. The maximum Gasteiger partial charge on any atom is 0.256 e. The summed E-state index contributed by atoms with van der Waals surface area (Å²) in [5.74, 6) is -0.414. The van der Waals surface area contributed by atoms with Gasteiger partial charge < -0.3 is 10.1 Å². The van der Waals surface area contributed by atoms with Crippen molar-refractivity contribution in [1.82, 2.24) is 14.9 Å². The van der Waals surface area contributed by atoms with Crippen LogP contribution in [0.3, 0.4) is 0 Å². The standard InChI is InChI=1S/C21H23FN4O/c1-15(23-21-20(22)24-17-9-5-6-10-18(17)25-21)19-14-26(11-12-27-19)13-16-7-3-2-4-8-16/h2-10,15,19H,11-14H2,1H3,(H,23,25). The molecule has 0 spiro atoms. The van der Waals surface area contributed by atoms with Gasteiger partial charge in [0.05, 0.1) is 29.8 Å². The third kappa shape index (κ3) is 4.23. The highest BCUT2D eigenvalue weighted by Crippen LogP contribution is 2.19. The highest BCUT2D eigenvalue weighted by molar-refractivity contribution is 5.75. The van der Waals surface area contributed by atoms with Gasteiger partial charge >= 0.3 is 0 Å². The smallest absolute Gasteiger partial charge is 0.256 e. The minimum atomic E-state index is -0.586. The summed E-state index contributed by atoms with van der Waals surface area (Å²) in [6.45, 7) is 5.22. The molecule has 0 bridgehead atoms. The number of rotatable bonds is 5. The van der Waals surface area contributed by atoms with Crippen LogP contribution >= 0.6 is 0 Å². The van der Waals surface area contributed by atoms with Crippen molar-refractivity contribution >= 4 is 16.9 Å². The number of fused-ring (bicyclic) bond motifs is 1. The number of nitrogens with one attached hydrogen (secondary N) is 1. The Bertz CT molecular complexity index is 905. The summed E-state index contributed by atoms with van der Waals surface area (Å²) < 4.78 is 20.3. The van der Waals surface area contributed by atoms with E-state index in [1.807, 2.05) is 31.2 Å². The molecular formula is C21H23FN4O. The van der Waals surface area contributed by atoms with Crippen molar-refractivity contribution in [2.45, 2.75) is 25.6 Å². The van der Waals surface area contributed by atoms with Crippen molar-refractivity contribution in [2.24, 2.45) is 0 Å². The maximum atomic E-state index is 14.3. The van der Waals surface area contributed by atoms with E-state index in [0.29, 0.717) is 17.6 Å². The van der Waals surface area contributed by atoms with Gasteiger partial charge in [0.15, 0.2) is 5.82 Å². The summed E-state index contributed by atoms with van der Waals surface area (Å²) in [7, 11) is 0. The Hall–Kier alpha value is -2.57. The van der Waals surface area contributed by atoms with Crippen LogP contribution in [0.1, 0.15) is 12.5 Å². The molecule has 6 heteroatoms. The van der Waals surface area contributed by atoms with E-state index in [1.54, 1.807) is 6.07 Å². The average Bonchev–Trinajstić information content (AvgIpc) is 2.69. The first kappa shape index (κ1) is 17.8. The average molecular weight is 366 g/mol. The quantitative estimate of drug-likeness (QED) is 0.749. The Morgan fingerprint density at radius 2 is 1.81 bits per heavy atom. The van der Waals surface area contributed by atoms with Crippen LogP contribution in [0.2, 0.25) is 0 Å². The van der Waals surface area contributed by atoms with Crippen molar-refractivity contribution in [2.75, 3.05) is 25.0 Å². The number of anilines is 1.